The third kappa shape index (κ3) is 1.30. The molecule has 0 aromatic heterocycles. The maximum absolute atomic E-state index is 5.19. The van der Waals surface area contributed by atoms with Crippen molar-refractivity contribution in [1.29, 1.82) is 0 Å². The highest BCUT2D eigenvalue weighted by atomic mass is 14.0. The Morgan fingerprint density at radius 2 is 1.40 bits per heavy atom. The summed E-state index contributed by atoms with van der Waals surface area (Å²) in [6, 6.07) is 0. The van der Waals surface area contributed by atoms with Crippen molar-refractivity contribution in [2.24, 2.45) is 0 Å². The molecule has 0 heteroatoms. The predicted octanol–water partition coefficient (Wildman–Crippen LogP) is 1.90. The van der Waals surface area contributed by atoms with Gasteiger partial charge in [0.15, 0.2) is 0 Å². The lowest BCUT2D eigenvalue weighted by Crippen LogP contribution is -1.88. The maximum atomic E-state index is 5.19. The van der Waals surface area contributed by atoms with Crippen molar-refractivity contribution in [3.8, 4) is 24.7 Å². The van der Waals surface area contributed by atoms with Crippen LogP contribution in [0.15, 0.2) is 23.3 Å². The quantitative estimate of drug-likeness (QED) is 0.437. The molecule has 0 amide bonds. The number of terminal acetylenes is 2. The summed E-state index contributed by atoms with van der Waals surface area (Å²) in [6.45, 7) is 0. The molecule has 1 aliphatic carbocycles. The molecule has 0 spiro atoms. The van der Waals surface area contributed by atoms with Crippen LogP contribution in [0.25, 0.3) is 0 Å². The lowest BCUT2D eigenvalue weighted by atomic mass is 10.00. The lowest BCUT2D eigenvalue weighted by Gasteiger charge is -2.04. The van der Waals surface area contributed by atoms with Crippen LogP contribution in [0.4, 0.5) is 0 Å². The largest absolute Gasteiger partial charge is 0.115 e. The topological polar surface area (TPSA) is 0 Å². The molecule has 0 aliphatic heterocycles. The smallest absolute Gasteiger partial charge is 0.00214 e. The van der Waals surface area contributed by atoms with Crippen LogP contribution in [0.3, 0.4) is 0 Å². The third-order valence-corrected chi connectivity index (χ3v) is 1.52. The molecule has 10 heavy (non-hydrogen) atoms. The van der Waals surface area contributed by atoms with E-state index in [1.54, 1.807) is 0 Å². The molecule has 0 atom stereocenters. The summed E-state index contributed by atoms with van der Waals surface area (Å²) in [5.41, 5.74) is 2.08. The first-order valence-corrected chi connectivity index (χ1v) is 3.20. The van der Waals surface area contributed by atoms with Gasteiger partial charge < -0.3 is 0 Å². The maximum Gasteiger partial charge on any atom is 0.00214 e. The molecule has 48 valence electrons. The highest BCUT2D eigenvalue weighted by molar-refractivity contribution is 5.40. The molecule has 0 fully saturated rings. The zero-order valence-electron chi connectivity index (χ0n) is 5.72. The summed E-state index contributed by atoms with van der Waals surface area (Å²) in [6.07, 6.45) is 16.1. The monoisotopic (exact) mass is 128 g/mol. The van der Waals surface area contributed by atoms with Crippen molar-refractivity contribution >= 4 is 0 Å². The van der Waals surface area contributed by atoms with Gasteiger partial charge >= 0.3 is 0 Å². The van der Waals surface area contributed by atoms with E-state index in [2.05, 4.69) is 11.8 Å². The second-order valence-corrected chi connectivity index (χ2v) is 2.17. The molecule has 0 unspecified atom stereocenters. The highest BCUT2D eigenvalue weighted by Gasteiger charge is 2.00. The average Bonchev–Trinajstić information content (AvgIpc) is 2.05. The summed E-state index contributed by atoms with van der Waals surface area (Å²) < 4.78 is 0. The molecular weight excluding hydrogens is 120 g/mol. The SMILES string of the molecule is C#CC1=CC=C(C#C)CC1. The van der Waals surface area contributed by atoms with Gasteiger partial charge in [0, 0.05) is 11.1 Å². The normalized spacial score (nSPS) is 16.2. The fraction of sp³-hybridized carbons (Fsp3) is 0.200. The van der Waals surface area contributed by atoms with Gasteiger partial charge in [-0.15, -0.1) is 12.8 Å². The number of allylic oxidation sites excluding steroid dienone is 4. The molecular formula is C10H8. The molecule has 0 saturated carbocycles. The van der Waals surface area contributed by atoms with Gasteiger partial charge in [-0.05, 0) is 25.0 Å². The summed E-state index contributed by atoms with van der Waals surface area (Å²) in [5.74, 6) is 5.19. The van der Waals surface area contributed by atoms with Gasteiger partial charge in [-0.3, -0.25) is 0 Å². The van der Waals surface area contributed by atoms with Crippen molar-refractivity contribution in [1.82, 2.24) is 0 Å². The standard InChI is InChI=1S/C10H8/c1-3-9-5-7-10(4-2)8-6-9/h1-2,5,7H,6,8H2. The zero-order chi connectivity index (χ0) is 7.40. The van der Waals surface area contributed by atoms with Gasteiger partial charge in [0.1, 0.15) is 0 Å². The Morgan fingerprint density at radius 3 is 1.60 bits per heavy atom. The molecule has 0 heterocycles. The fourth-order valence-corrected chi connectivity index (χ4v) is 0.878. The molecule has 0 saturated heterocycles. The Hall–Kier alpha value is -1.40. The van der Waals surface area contributed by atoms with Crippen LogP contribution in [0.5, 0.6) is 0 Å². The Labute approximate surface area is 61.6 Å². The fourth-order valence-electron chi connectivity index (χ4n) is 0.878. The molecule has 0 radical (unpaired) electrons. The van der Waals surface area contributed by atoms with E-state index in [0.717, 1.165) is 24.0 Å². The van der Waals surface area contributed by atoms with Crippen LogP contribution in [-0.4, -0.2) is 0 Å². The van der Waals surface area contributed by atoms with E-state index in [-0.39, 0.29) is 0 Å². The third-order valence-electron chi connectivity index (χ3n) is 1.52. The summed E-state index contributed by atoms with van der Waals surface area (Å²) in [4.78, 5) is 0. The first kappa shape index (κ1) is 6.72. The number of rotatable bonds is 0. The Balaban J connectivity index is 2.79. The lowest BCUT2D eigenvalue weighted by molar-refractivity contribution is 0.968. The van der Waals surface area contributed by atoms with Crippen LogP contribution >= 0.6 is 0 Å². The number of hydrogen-bond acceptors (Lipinski definition) is 0. The van der Waals surface area contributed by atoms with Crippen LogP contribution in [-0.2, 0) is 0 Å². The van der Waals surface area contributed by atoms with Crippen LogP contribution < -0.4 is 0 Å². The molecule has 1 aliphatic rings. The van der Waals surface area contributed by atoms with Gasteiger partial charge in [0.05, 0.1) is 0 Å². The van der Waals surface area contributed by atoms with E-state index in [0.29, 0.717) is 0 Å². The molecule has 0 bridgehead atoms. The minimum Gasteiger partial charge on any atom is -0.115 e. The summed E-state index contributed by atoms with van der Waals surface area (Å²) >= 11 is 0. The van der Waals surface area contributed by atoms with Crippen LogP contribution in [0.2, 0.25) is 0 Å². The summed E-state index contributed by atoms with van der Waals surface area (Å²) in [7, 11) is 0. The Morgan fingerprint density at radius 1 is 1.00 bits per heavy atom. The van der Waals surface area contributed by atoms with Crippen LogP contribution in [0.1, 0.15) is 12.8 Å². The second-order valence-electron chi connectivity index (χ2n) is 2.17. The van der Waals surface area contributed by atoms with Crippen molar-refractivity contribution in [2.45, 2.75) is 12.8 Å². The van der Waals surface area contributed by atoms with Crippen molar-refractivity contribution in [3.63, 3.8) is 0 Å². The molecule has 0 aromatic carbocycles. The first-order valence-electron chi connectivity index (χ1n) is 3.20. The Bertz CT molecular complexity index is 233. The van der Waals surface area contributed by atoms with E-state index in [4.69, 9.17) is 12.8 Å². The van der Waals surface area contributed by atoms with Gasteiger partial charge in [0.2, 0.25) is 0 Å². The molecule has 0 N–H and O–H groups in total. The minimum absolute atomic E-state index is 0.923. The van der Waals surface area contributed by atoms with Gasteiger partial charge in [-0.2, -0.15) is 0 Å². The Kier molecular flexibility index (Phi) is 1.98. The van der Waals surface area contributed by atoms with E-state index in [1.165, 1.54) is 0 Å². The first-order chi connectivity index (χ1) is 4.86. The average molecular weight is 128 g/mol. The molecule has 0 aromatic rings. The van der Waals surface area contributed by atoms with E-state index in [9.17, 15) is 0 Å². The molecule has 1 rings (SSSR count). The van der Waals surface area contributed by atoms with Gasteiger partial charge in [0.25, 0.3) is 0 Å². The van der Waals surface area contributed by atoms with Gasteiger partial charge in [-0.1, -0.05) is 11.8 Å². The molecule has 0 nitrogen and oxygen atoms in total. The van der Waals surface area contributed by atoms with E-state index < -0.39 is 0 Å². The van der Waals surface area contributed by atoms with Crippen molar-refractivity contribution in [2.75, 3.05) is 0 Å². The van der Waals surface area contributed by atoms with E-state index >= 15 is 0 Å². The van der Waals surface area contributed by atoms with Crippen molar-refractivity contribution in [3.05, 3.63) is 23.3 Å². The number of hydrogen-bond donors (Lipinski definition) is 0. The highest BCUT2D eigenvalue weighted by Crippen LogP contribution is 2.16. The minimum atomic E-state index is 0.923. The van der Waals surface area contributed by atoms with Crippen LogP contribution in [0, 0.1) is 24.7 Å². The predicted molar refractivity (Wildman–Crippen MR) is 43.1 cm³/mol. The van der Waals surface area contributed by atoms with E-state index in [1.807, 2.05) is 12.2 Å². The van der Waals surface area contributed by atoms with Crippen molar-refractivity contribution < 1.29 is 0 Å². The summed E-state index contributed by atoms with van der Waals surface area (Å²) in [5, 5.41) is 0. The van der Waals surface area contributed by atoms with Gasteiger partial charge in [-0.25, -0.2) is 0 Å². The zero-order valence-corrected chi connectivity index (χ0v) is 5.72. The second kappa shape index (κ2) is 2.95.